The van der Waals surface area contributed by atoms with E-state index in [1.54, 1.807) is 47.9 Å². The molecule has 3 rings (SSSR count). The standard InChI is InChI=1S/C22H22N2O4S/c25-22(23-26)21(16-18-10-4-1-5-11-18)24(17-19-12-6-2-7-13-19)29(27,28)20-14-8-3-9-15-20/h1-15,21,26H,16-17H2,(H,23,25)/t21-/m1/s1. The van der Waals surface area contributed by atoms with Crippen molar-refractivity contribution in [2.24, 2.45) is 0 Å². The molecule has 7 heteroatoms. The van der Waals surface area contributed by atoms with E-state index in [-0.39, 0.29) is 17.9 Å². The van der Waals surface area contributed by atoms with Crippen molar-refractivity contribution in [1.82, 2.24) is 9.79 Å². The third-order valence-electron chi connectivity index (χ3n) is 4.56. The number of sulfonamides is 1. The number of rotatable bonds is 8. The molecule has 3 aromatic carbocycles. The Morgan fingerprint density at radius 1 is 0.828 bits per heavy atom. The number of nitrogens with one attached hydrogen (secondary N) is 1. The molecule has 0 aromatic heterocycles. The lowest BCUT2D eigenvalue weighted by atomic mass is 10.0. The van der Waals surface area contributed by atoms with Crippen LogP contribution in [0, 0.1) is 0 Å². The maximum absolute atomic E-state index is 13.5. The molecular weight excluding hydrogens is 388 g/mol. The summed E-state index contributed by atoms with van der Waals surface area (Å²) in [4.78, 5) is 12.6. The van der Waals surface area contributed by atoms with Crippen molar-refractivity contribution >= 4 is 15.9 Å². The minimum Gasteiger partial charge on any atom is -0.289 e. The molecule has 0 fully saturated rings. The molecule has 0 saturated carbocycles. The number of hydrogen-bond acceptors (Lipinski definition) is 4. The van der Waals surface area contributed by atoms with Crippen LogP contribution in [0.1, 0.15) is 11.1 Å². The summed E-state index contributed by atoms with van der Waals surface area (Å²) in [5.74, 6) is -0.788. The Hall–Kier alpha value is -3.00. The molecule has 0 unspecified atom stereocenters. The van der Waals surface area contributed by atoms with Crippen LogP contribution in [0.5, 0.6) is 0 Å². The van der Waals surface area contributed by atoms with Crippen molar-refractivity contribution < 1.29 is 18.4 Å². The Kier molecular flexibility index (Phi) is 6.77. The van der Waals surface area contributed by atoms with Crippen molar-refractivity contribution in [2.75, 3.05) is 0 Å². The molecule has 0 spiro atoms. The quantitative estimate of drug-likeness (QED) is 0.442. The molecule has 0 heterocycles. The van der Waals surface area contributed by atoms with Gasteiger partial charge in [-0.3, -0.25) is 10.0 Å². The van der Waals surface area contributed by atoms with Gasteiger partial charge in [0, 0.05) is 6.54 Å². The largest absolute Gasteiger partial charge is 0.289 e. The summed E-state index contributed by atoms with van der Waals surface area (Å²) in [5.41, 5.74) is 3.14. The fourth-order valence-corrected chi connectivity index (χ4v) is 4.69. The second-order valence-corrected chi connectivity index (χ2v) is 8.42. The monoisotopic (exact) mass is 410 g/mol. The molecule has 0 aliphatic carbocycles. The first-order valence-corrected chi connectivity index (χ1v) is 10.5. The molecule has 1 atom stereocenters. The Bertz CT molecular complexity index is 1030. The van der Waals surface area contributed by atoms with Crippen molar-refractivity contribution in [1.29, 1.82) is 0 Å². The van der Waals surface area contributed by atoms with E-state index in [0.717, 1.165) is 15.4 Å². The SMILES string of the molecule is O=C(NO)[C@@H](Cc1ccccc1)N(Cc1ccccc1)S(=O)(=O)c1ccccc1. The lowest BCUT2D eigenvalue weighted by Gasteiger charge is -2.29. The van der Waals surface area contributed by atoms with Gasteiger partial charge < -0.3 is 0 Å². The second-order valence-electron chi connectivity index (χ2n) is 6.53. The van der Waals surface area contributed by atoms with Crippen LogP contribution in [0.2, 0.25) is 0 Å². The molecule has 0 aliphatic heterocycles. The number of amides is 1. The fourth-order valence-electron chi connectivity index (χ4n) is 3.09. The summed E-state index contributed by atoms with van der Waals surface area (Å²) in [5, 5.41) is 9.31. The molecule has 0 saturated heterocycles. The van der Waals surface area contributed by atoms with Crippen LogP contribution in [0.4, 0.5) is 0 Å². The molecular formula is C22H22N2O4S. The third-order valence-corrected chi connectivity index (χ3v) is 6.43. The summed E-state index contributed by atoms with van der Waals surface area (Å²) >= 11 is 0. The smallest absolute Gasteiger partial charge is 0.262 e. The average molecular weight is 410 g/mol. The zero-order valence-electron chi connectivity index (χ0n) is 15.7. The van der Waals surface area contributed by atoms with E-state index in [1.807, 2.05) is 36.4 Å². The number of carbonyl (C=O) groups excluding carboxylic acids is 1. The molecule has 6 nitrogen and oxygen atoms in total. The highest BCUT2D eigenvalue weighted by atomic mass is 32.2. The van der Waals surface area contributed by atoms with Crippen LogP contribution in [0.25, 0.3) is 0 Å². The Morgan fingerprint density at radius 2 is 1.31 bits per heavy atom. The van der Waals surface area contributed by atoms with Crippen molar-refractivity contribution in [2.45, 2.75) is 23.9 Å². The Morgan fingerprint density at radius 3 is 1.83 bits per heavy atom. The molecule has 0 radical (unpaired) electrons. The van der Waals surface area contributed by atoms with Gasteiger partial charge in [-0.2, -0.15) is 4.31 Å². The van der Waals surface area contributed by atoms with Gasteiger partial charge in [-0.15, -0.1) is 0 Å². The van der Waals surface area contributed by atoms with Gasteiger partial charge in [0.15, 0.2) is 0 Å². The van der Waals surface area contributed by atoms with Crippen molar-refractivity contribution in [3.8, 4) is 0 Å². The van der Waals surface area contributed by atoms with Crippen LogP contribution in [0.3, 0.4) is 0 Å². The first-order valence-electron chi connectivity index (χ1n) is 9.11. The maximum atomic E-state index is 13.5. The minimum atomic E-state index is -4.01. The third kappa shape index (κ3) is 5.08. The number of benzene rings is 3. The average Bonchev–Trinajstić information content (AvgIpc) is 2.77. The molecule has 1 amide bonds. The Labute approximate surface area is 170 Å². The second kappa shape index (κ2) is 9.47. The fraction of sp³-hybridized carbons (Fsp3) is 0.136. The maximum Gasteiger partial charge on any atom is 0.262 e. The molecule has 29 heavy (non-hydrogen) atoms. The minimum absolute atomic E-state index is 0.0109. The van der Waals surface area contributed by atoms with E-state index in [1.165, 1.54) is 12.1 Å². The lowest BCUT2D eigenvalue weighted by Crippen LogP contribution is -2.49. The van der Waals surface area contributed by atoms with Gasteiger partial charge in [0.25, 0.3) is 5.91 Å². The van der Waals surface area contributed by atoms with Gasteiger partial charge in [-0.1, -0.05) is 78.9 Å². The summed E-state index contributed by atoms with van der Waals surface area (Å²) < 4.78 is 28.0. The van der Waals surface area contributed by atoms with Gasteiger partial charge in [0.1, 0.15) is 6.04 Å². The number of hydroxylamine groups is 1. The molecule has 150 valence electrons. The van der Waals surface area contributed by atoms with Gasteiger partial charge in [0.05, 0.1) is 4.90 Å². The first-order chi connectivity index (χ1) is 14.0. The summed E-state index contributed by atoms with van der Waals surface area (Å²) in [6.07, 6.45) is 0.117. The van der Waals surface area contributed by atoms with E-state index in [9.17, 15) is 18.4 Å². The van der Waals surface area contributed by atoms with Crippen LogP contribution in [-0.2, 0) is 27.8 Å². The predicted molar refractivity (Wildman–Crippen MR) is 109 cm³/mol. The van der Waals surface area contributed by atoms with Crippen LogP contribution in [0.15, 0.2) is 95.9 Å². The highest BCUT2D eigenvalue weighted by Gasteiger charge is 2.36. The Balaban J connectivity index is 2.06. The summed E-state index contributed by atoms with van der Waals surface area (Å²) in [6.45, 7) is -0.0109. The summed E-state index contributed by atoms with van der Waals surface area (Å²) in [6, 6.07) is 25.0. The number of carbonyl (C=O) groups is 1. The first kappa shape index (κ1) is 20.7. The van der Waals surface area contributed by atoms with E-state index in [0.29, 0.717) is 0 Å². The van der Waals surface area contributed by atoms with Gasteiger partial charge in [-0.05, 0) is 29.7 Å². The van der Waals surface area contributed by atoms with E-state index < -0.39 is 22.0 Å². The number of hydrogen-bond donors (Lipinski definition) is 2. The van der Waals surface area contributed by atoms with E-state index in [2.05, 4.69) is 0 Å². The van der Waals surface area contributed by atoms with Crippen molar-refractivity contribution in [3.63, 3.8) is 0 Å². The predicted octanol–water partition coefficient (Wildman–Crippen LogP) is 2.99. The van der Waals surface area contributed by atoms with E-state index >= 15 is 0 Å². The molecule has 3 aromatic rings. The van der Waals surface area contributed by atoms with Crippen molar-refractivity contribution in [3.05, 3.63) is 102 Å². The van der Waals surface area contributed by atoms with Gasteiger partial charge in [0.2, 0.25) is 10.0 Å². The number of nitrogens with zero attached hydrogens (tertiary/aromatic N) is 1. The normalized spacial score (nSPS) is 12.5. The summed E-state index contributed by atoms with van der Waals surface area (Å²) in [7, 11) is -4.01. The van der Waals surface area contributed by atoms with E-state index in [4.69, 9.17) is 0 Å². The lowest BCUT2D eigenvalue weighted by molar-refractivity contribution is -0.133. The topological polar surface area (TPSA) is 86.7 Å². The van der Waals surface area contributed by atoms with Crippen LogP contribution >= 0.6 is 0 Å². The van der Waals surface area contributed by atoms with Crippen LogP contribution < -0.4 is 5.48 Å². The van der Waals surface area contributed by atoms with Gasteiger partial charge in [-0.25, -0.2) is 13.9 Å². The van der Waals surface area contributed by atoms with Gasteiger partial charge >= 0.3 is 0 Å². The molecule has 0 aliphatic rings. The van der Waals surface area contributed by atoms with Crippen LogP contribution in [-0.4, -0.2) is 29.9 Å². The zero-order valence-corrected chi connectivity index (χ0v) is 16.5. The highest BCUT2D eigenvalue weighted by Crippen LogP contribution is 2.23. The highest BCUT2D eigenvalue weighted by molar-refractivity contribution is 7.89. The zero-order chi connectivity index (χ0) is 20.7. The molecule has 0 bridgehead atoms. The molecule has 2 N–H and O–H groups in total.